The molecule has 0 aliphatic rings. The van der Waals surface area contributed by atoms with E-state index in [1.165, 1.54) is 0 Å². The Hall–Kier alpha value is -1.06. The Balaban J connectivity index is 2.68. The Bertz CT molecular complexity index is 409. The lowest BCUT2D eigenvalue weighted by Crippen LogP contribution is -2.48. The van der Waals surface area contributed by atoms with Gasteiger partial charge in [0.25, 0.3) is 0 Å². The van der Waals surface area contributed by atoms with Gasteiger partial charge in [-0.25, -0.2) is 0 Å². The lowest BCUT2D eigenvalue weighted by molar-refractivity contribution is -0.134. The van der Waals surface area contributed by atoms with E-state index in [1.807, 2.05) is 45.0 Å². The summed E-state index contributed by atoms with van der Waals surface area (Å²) < 4.78 is 0. The van der Waals surface area contributed by atoms with Gasteiger partial charge in [0.1, 0.15) is 0 Å². The lowest BCUT2D eigenvalue weighted by Gasteiger charge is -2.30. The van der Waals surface area contributed by atoms with Crippen molar-refractivity contribution in [3.05, 3.63) is 34.9 Å². The van der Waals surface area contributed by atoms with Crippen molar-refractivity contribution in [1.82, 2.24) is 4.90 Å². The summed E-state index contributed by atoms with van der Waals surface area (Å²) in [5, 5.41) is 0.694. The number of nitrogens with two attached hydrogens (primary N) is 1. The Labute approximate surface area is 114 Å². The fourth-order valence-corrected chi connectivity index (χ4v) is 1.68. The second-order valence-corrected chi connectivity index (χ2v) is 6.10. The number of carbonyl (C=O) groups is 1. The molecule has 0 radical (unpaired) electrons. The molecule has 0 spiro atoms. The van der Waals surface area contributed by atoms with Crippen molar-refractivity contribution in [1.29, 1.82) is 0 Å². The van der Waals surface area contributed by atoms with Crippen LogP contribution in [0.3, 0.4) is 0 Å². The number of halogens is 1. The second-order valence-electron chi connectivity index (χ2n) is 5.66. The van der Waals surface area contributed by atoms with Crippen molar-refractivity contribution in [3.8, 4) is 0 Å². The number of carbonyl (C=O) groups excluding carboxylic acids is 1. The number of likely N-dealkylation sites (N-methyl/N-ethyl adjacent to an activating group) is 1. The smallest absolute Gasteiger partial charge is 0.240 e. The van der Waals surface area contributed by atoms with E-state index in [0.717, 1.165) is 5.56 Å². The second kappa shape index (κ2) is 5.72. The van der Waals surface area contributed by atoms with E-state index in [0.29, 0.717) is 11.6 Å². The zero-order valence-electron chi connectivity index (χ0n) is 11.4. The van der Waals surface area contributed by atoms with Crippen molar-refractivity contribution in [3.63, 3.8) is 0 Å². The van der Waals surface area contributed by atoms with Gasteiger partial charge in [0, 0.05) is 18.6 Å². The molecule has 0 heterocycles. The Kier molecular flexibility index (Phi) is 4.77. The highest BCUT2D eigenvalue weighted by atomic mass is 35.5. The van der Waals surface area contributed by atoms with E-state index in [-0.39, 0.29) is 11.3 Å². The molecule has 1 aromatic rings. The molecular formula is C14H21ClN2O. The van der Waals surface area contributed by atoms with Gasteiger partial charge in [0.2, 0.25) is 5.91 Å². The van der Waals surface area contributed by atoms with Gasteiger partial charge in [-0.05, 0) is 23.1 Å². The van der Waals surface area contributed by atoms with Crippen molar-refractivity contribution < 1.29 is 4.79 Å². The molecule has 100 valence electrons. The van der Waals surface area contributed by atoms with Gasteiger partial charge in [0.15, 0.2) is 0 Å². The van der Waals surface area contributed by atoms with Gasteiger partial charge in [-0.2, -0.15) is 0 Å². The molecule has 0 aromatic heterocycles. The van der Waals surface area contributed by atoms with E-state index >= 15 is 0 Å². The highest BCUT2D eigenvalue weighted by Gasteiger charge is 2.29. The predicted octanol–water partition coefficient (Wildman–Crippen LogP) is 2.67. The first-order chi connectivity index (χ1) is 8.21. The molecule has 0 bridgehead atoms. The molecule has 1 atom stereocenters. The van der Waals surface area contributed by atoms with Gasteiger partial charge >= 0.3 is 0 Å². The van der Waals surface area contributed by atoms with Gasteiger partial charge in [0.05, 0.1) is 6.04 Å². The molecule has 0 saturated carbocycles. The lowest BCUT2D eigenvalue weighted by atomic mass is 9.86. The first-order valence-electron chi connectivity index (χ1n) is 5.97. The third-order valence-corrected chi connectivity index (χ3v) is 3.16. The summed E-state index contributed by atoms with van der Waals surface area (Å²) in [5.74, 6) is -0.0440. The van der Waals surface area contributed by atoms with Crippen molar-refractivity contribution in [2.45, 2.75) is 33.4 Å². The topological polar surface area (TPSA) is 46.3 Å². The van der Waals surface area contributed by atoms with Crippen LogP contribution in [0.5, 0.6) is 0 Å². The first-order valence-corrected chi connectivity index (χ1v) is 6.34. The average Bonchev–Trinajstić information content (AvgIpc) is 2.29. The van der Waals surface area contributed by atoms with Crippen LogP contribution >= 0.6 is 11.6 Å². The number of benzene rings is 1. The maximum atomic E-state index is 12.1. The molecule has 0 unspecified atom stereocenters. The van der Waals surface area contributed by atoms with Gasteiger partial charge < -0.3 is 10.6 Å². The zero-order valence-corrected chi connectivity index (χ0v) is 12.2. The van der Waals surface area contributed by atoms with Gasteiger partial charge in [-0.3, -0.25) is 4.79 Å². The minimum atomic E-state index is -0.491. The van der Waals surface area contributed by atoms with Crippen LogP contribution in [0.1, 0.15) is 26.3 Å². The fourth-order valence-electron chi connectivity index (χ4n) is 1.55. The molecule has 0 aliphatic heterocycles. The molecule has 1 amide bonds. The van der Waals surface area contributed by atoms with Crippen molar-refractivity contribution >= 4 is 17.5 Å². The summed E-state index contributed by atoms with van der Waals surface area (Å²) in [7, 11) is 1.77. The number of hydrogen-bond acceptors (Lipinski definition) is 2. The predicted molar refractivity (Wildman–Crippen MR) is 75.4 cm³/mol. The first kappa shape index (κ1) is 15.0. The van der Waals surface area contributed by atoms with Crippen LogP contribution in [0, 0.1) is 5.41 Å². The SMILES string of the molecule is CN(Cc1ccc(Cl)cc1)C(=O)[C@@H](N)C(C)(C)C. The molecular weight excluding hydrogens is 248 g/mol. The number of nitrogens with zero attached hydrogens (tertiary/aromatic N) is 1. The van der Waals surface area contributed by atoms with Crippen LogP contribution < -0.4 is 5.73 Å². The summed E-state index contributed by atoms with van der Waals surface area (Å²) in [6.07, 6.45) is 0. The molecule has 2 N–H and O–H groups in total. The monoisotopic (exact) mass is 268 g/mol. The standard InChI is InChI=1S/C14H21ClN2O/c1-14(2,3)12(16)13(18)17(4)9-10-5-7-11(15)8-6-10/h5-8,12H,9,16H2,1-4H3/t12-/m1/s1. The van der Waals surface area contributed by atoms with E-state index < -0.39 is 6.04 Å². The largest absolute Gasteiger partial charge is 0.340 e. The molecule has 18 heavy (non-hydrogen) atoms. The van der Waals surface area contributed by atoms with Crippen LogP contribution in [0.4, 0.5) is 0 Å². The minimum absolute atomic E-state index is 0.0440. The summed E-state index contributed by atoms with van der Waals surface area (Å²) >= 11 is 5.82. The Morgan fingerprint density at radius 2 is 1.83 bits per heavy atom. The zero-order chi connectivity index (χ0) is 13.9. The minimum Gasteiger partial charge on any atom is -0.340 e. The Morgan fingerprint density at radius 1 is 1.33 bits per heavy atom. The summed E-state index contributed by atoms with van der Waals surface area (Å²) in [4.78, 5) is 13.8. The molecule has 3 nitrogen and oxygen atoms in total. The van der Waals surface area contributed by atoms with E-state index in [1.54, 1.807) is 11.9 Å². The van der Waals surface area contributed by atoms with Crippen LogP contribution in [-0.4, -0.2) is 23.9 Å². The molecule has 0 aliphatic carbocycles. The molecule has 0 fully saturated rings. The van der Waals surface area contributed by atoms with E-state index in [9.17, 15) is 4.79 Å². The van der Waals surface area contributed by atoms with Crippen LogP contribution in [0.25, 0.3) is 0 Å². The third kappa shape index (κ3) is 4.00. The molecule has 0 saturated heterocycles. The number of hydrogen-bond donors (Lipinski definition) is 1. The van der Waals surface area contributed by atoms with Crippen LogP contribution in [-0.2, 0) is 11.3 Å². The summed E-state index contributed by atoms with van der Waals surface area (Å²) in [6.45, 7) is 6.43. The van der Waals surface area contributed by atoms with Crippen molar-refractivity contribution in [2.75, 3.05) is 7.05 Å². The third-order valence-electron chi connectivity index (χ3n) is 2.91. The molecule has 1 rings (SSSR count). The normalized spacial score (nSPS) is 13.2. The highest BCUT2D eigenvalue weighted by Crippen LogP contribution is 2.19. The van der Waals surface area contributed by atoms with Crippen molar-refractivity contribution in [2.24, 2.45) is 11.1 Å². The van der Waals surface area contributed by atoms with Crippen LogP contribution in [0.2, 0.25) is 5.02 Å². The van der Waals surface area contributed by atoms with E-state index in [2.05, 4.69) is 0 Å². The van der Waals surface area contributed by atoms with E-state index in [4.69, 9.17) is 17.3 Å². The van der Waals surface area contributed by atoms with Crippen LogP contribution in [0.15, 0.2) is 24.3 Å². The van der Waals surface area contributed by atoms with Gasteiger partial charge in [-0.15, -0.1) is 0 Å². The average molecular weight is 269 g/mol. The summed E-state index contributed by atoms with van der Waals surface area (Å²) in [6, 6.07) is 6.97. The Morgan fingerprint density at radius 3 is 2.28 bits per heavy atom. The maximum Gasteiger partial charge on any atom is 0.240 e. The molecule has 4 heteroatoms. The quantitative estimate of drug-likeness (QED) is 0.916. The fraction of sp³-hybridized carbons (Fsp3) is 0.500. The highest BCUT2D eigenvalue weighted by molar-refractivity contribution is 6.30. The number of rotatable bonds is 3. The molecule has 1 aromatic carbocycles. The van der Waals surface area contributed by atoms with Gasteiger partial charge in [-0.1, -0.05) is 44.5 Å². The number of amides is 1. The summed E-state index contributed by atoms with van der Waals surface area (Å²) in [5.41, 5.74) is 6.77. The maximum absolute atomic E-state index is 12.1.